The SMILES string of the molecule is Fc1cccc(Br)c1-c1nnc(-c2c(Cl)cccc2Cl)nn1. The van der Waals surface area contributed by atoms with Gasteiger partial charge in [0.2, 0.25) is 11.6 Å². The Morgan fingerprint density at radius 2 is 1.27 bits per heavy atom. The molecule has 0 unspecified atom stereocenters. The van der Waals surface area contributed by atoms with Gasteiger partial charge in [0.05, 0.1) is 21.2 Å². The van der Waals surface area contributed by atoms with Gasteiger partial charge in [-0.2, -0.15) is 0 Å². The van der Waals surface area contributed by atoms with Gasteiger partial charge in [-0.1, -0.05) is 35.3 Å². The zero-order valence-corrected chi connectivity index (χ0v) is 13.9. The fourth-order valence-corrected chi connectivity index (χ4v) is 2.94. The van der Waals surface area contributed by atoms with Crippen LogP contribution in [0.1, 0.15) is 0 Å². The third-order valence-electron chi connectivity index (χ3n) is 2.85. The lowest BCUT2D eigenvalue weighted by atomic mass is 10.2. The van der Waals surface area contributed by atoms with Crippen molar-refractivity contribution in [2.75, 3.05) is 0 Å². The van der Waals surface area contributed by atoms with E-state index in [0.717, 1.165) is 0 Å². The minimum absolute atomic E-state index is 0.0666. The number of halogens is 4. The monoisotopic (exact) mass is 398 g/mol. The molecule has 2 aromatic carbocycles. The lowest BCUT2D eigenvalue weighted by molar-refractivity contribution is 0.627. The maximum absolute atomic E-state index is 13.9. The van der Waals surface area contributed by atoms with Crippen LogP contribution >= 0.6 is 39.1 Å². The molecule has 0 amide bonds. The molecule has 0 radical (unpaired) electrons. The second-order valence-corrected chi connectivity index (χ2v) is 5.91. The summed E-state index contributed by atoms with van der Waals surface area (Å²) in [7, 11) is 0. The van der Waals surface area contributed by atoms with E-state index < -0.39 is 5.82 Å². The first-order chi connectivity index (χ1) is 10.6. The van der Waals surface area contributed by atoms with Gasteiger partial charge in [0.15, 0.2) is 0 Å². The molecular weight excluding hydrogens is 394 g/mol. The number of aromatic nitrogens is 4. The molecule has 0 spiro atoms. The van der Waals surface area contributed by atoms with E-state index in [1.165, 1.54) is 6.07 Å². The molecule has 3 aromatic rings. The van der Waals surface area contributed by atoms with E-state index in [4.69, 9.17) is 23.2 Å². The molecule has 1 heterocycles. The third-order valence-corrected chi connectivity index (χ3v) is 4.14. The number of hydrogen-bond donors (Lipinski definition) is 0. The largest absolute Gasteiger partial charge is 0.207 e. The highest BCUT2D eigenvalue weighted by molar-refractivity contribution is 9.10. The molecular formula is C14H6BrCl2FN4. The summed E-state index contributed by atoms with van der Waals surface area (Å²) < 4.78 is 14.4. The molecule has 0 fully saturated rings. The molecule has 4 nitrogen and oxygen atoms in total. The third kappa shape index (κ3) is 2.82. The first-order valence-electron chi connectivity index (χ1n) is 6.04. The molecule has 0 saturated carbocycles. The zero-order valence-electron chi connectivity index (χ0n) is 10.8. The number of rotatable bonds is 2. The molecule has 110 valence electrons. The second-order valence-electron chi connectivity index (χ2n) is 4.24. The van der Waals surface area contributed by atoms with E-state index >= 15 is 0 Å². The number of nitrogens with zero attached hydrogens (tertiary/aromatic N) is 4. The molecule has 0 aliphatic carbocycles. The van der Waals surface area contributed by atoms with Crippen LogP contribution < -0.4 is 0 Å². The predicted octanol–water partition coefficient (Wildman–Crippen LogP) is 4.81. The summed E-state index contributed by atoms with van der Waals surface area (Å²) in [6.07, 6.45) is 0. The molecule has 8 heteroatoms. The van der Waals surface area contributed by atoms with Crippen molar-refractivity contribution < 1.29 is 4.39 Å². The van der Waals surface area contributed by atoms with Gasteiger partial charge in [-0.25, -0.2) is 4.39 Å². The van der Waals surface area contributed by atoms with Crippen LogP contribution in [-0.2, 0) is 0 Å². The Morgan fingerprint density at radius 1 is 0.773 bits per heavy atom. The van der Waals surface area contributed by atoms with E-state index in [-0.39, 0.29) is 17.2 Å². The molecule has 0 aliphatic heterocycles. The van der Waals surface area contributed by atoms with Crippen LogP contribution in [0.15, 0.2) is 40.9 Å². The Hall–Kier alpha value is -1.63. The van der Waals surface area contributed by atoms with Crippen molar-refractivity contribution in [3.8, 4) is 22.8 Å². The normalized spacial score (nSPS) is 10.7. The van der Waals surface area contributed by atoms with Crippen molar-refractivity contribution in [1.82, 2.24) is 20.4 Å². The van der Waals surface area contributed by atoms with Crippen LogP contribution in [-0.4, -0.2) is 20.4 Å². The fourth-order valence-electron chi connectivity index (χ4n) is 1.85. The van der Waals surface area contributed by atoms with Crippen molar-refractivity contribution >= 4 is 39.1 Å². The minimum Gasteiger partial charge on any atom is -0.206 e. The Bertz CT molecular complexity index is 732. The Morgan fingerprint density at radius 3 is 1.82 bits per heavy atom. The Kier molecular flexibility index (Phi) is 4.33. The van der Waals surface area contributed by atoms with Crippen LogP contribution in [0.3, 0.4) is 0 Å². The molecule has 3 rings (SSSR count). The highest BCUT2D eigenvalue weighted by Crippen LogP contribution is 2.32. The van der Waals surface area contributed by atoms with Gasteiger partial charge in [-0.15, -0.1) is 20.4 Å². The summed E-state index contributed by atoms with van der Waals surface area (Å²) in [6.45, 7) is 0. The highest BCUT2D eigenvalue weighted by atomic mass is 79.9. The summed E-state index contributed by atoms with van der Waals surface area (Å²) in [5, 5.41) is 16.5. The summed E-state index contributed by atoms with van der Waals surface area (Å²) in [6, 6.07) is 9.59. The summed E-state index contributed by atoms with van der Waals surface area (Å²) in [4.78, 5) is 0. The van der Waals surface area contributed by atoms with Crippen LogP contribution in [0.2, 0.25) is 10.0 Å². The van der Waals surface area contributed by atoms with Crippen molar-refractivity contribution in [3.63, 3.8) is 0 Å². The zero-order chi connectivity index (χ0) is 15.7. The van der Waals surface area contributed by atoms with E-state index in [0.29, 0.717) is 20.1 Å². The van der Waals surface area contributed by atoms with Crippen molar-refractivity contribution in [3.05, 3.63) is 56.7 Å². The van der Waals surface area contributed by atoms with Gasteiger partial charge in [0.25, 0.3) is 0 Å². The van der Waals surface area contributed by atoms with Gasteiger partial charge in [-0.05, 0) is 40.2 Å². The number of benzene rings is 2. The second kappa shape index (κ2) is 6.24. The van der Waals surface area contributed by atoms with Crippen LogP contribution in [0.5, 0.6) is 0 Å². The smallest absolute Gasteiger partial charge is 0.206 e. The van der Waals surface area contributed by atoms with E-state index in [2.05, 4.69) is 36.3 Å². The quantitative estimate of drug-likeness (QED) is 0.620. The van der Waals surface area contributed by atoms with Crippen molar-refractivity contribution in [1.29, 1.82) is 0 Å². The summed E-state index contributed by atoms with van der Waals surface area (Å²) in [5.74, 6) is -0.231. The van der Waals surface area contributed by atoms with Gasteiger partial charge in [0, 0.05) is 4.47 Å². The Labute approximate surface area is 143 Å². The van der Waals surface area contributed by atoms with Crippen LogP contribution in [0, 0.1) is 5.82 Å². The maximum Gasteiger partial charge on any atom is 0.207 e. The van der Waals surface area contributed by atoms with Gasteiger partial charge < -0.3 is 0 Å². The fraction of sp³-hybridized carbons (Fsp3) is 0. The topological polar surface area (TPSA) is 51.6 Å². The minimum atomic E-state index is -0.471. The lowest BCUT2D eigenvalue weighted by Crippen LogP contribution is -2.01. The average Bonchev–Trinajstić information content (AvgIpc) is 2.48. The summed E-state index contributed by atoms with van der Waals surface area (Å²) in [5.41, 5.74) is 0.629. The van der Waals surface area contributed by atoms with Gasteiger partial charge >= 0.3 is 0 Å². The van der Waals surface area contributed by atoms with E-state index in [1.54, 1.807) is 30.3 Å². The van der Waals surface area contributed by atoms with Crippen LogP contribution in [0.4, 0.5) is 4.39 Å². The standard InChI is InChI=1S/C14H6BrCl2FN4/c15-7-3-1-6-10(18)11(7)13-19-21-14(22-20-13)12-8(16)4-2-5-9(12)17/h1-6H. The molecule has 0 N–H and O–H groups in total. The van der Waals surface area contributed by atoms with Gasteiger partial charge in [0.1, 0.15) is 5.82 Å². The lowest BCUT2D eigenvalue weighted by Gasteiger charge is -2.06. The molecule has 22 heavy (non-hydrogen) atoms. The average molecular weight is 400 g/mol. The van der Waals surface area contributed by atoms with Gasteiger partial charge in [-0.3, -0.25) is 0 Å². The number of hydrogen-bond acceptors (Lipinski definition) is 4. The Balaban J connectivity index is 2.08. The molecule has 0 bridgehead atoms. The van der Waals surface area contributed by atoms with Crippen molar-refractivity contribution in [2.45, 2.75) is 0 Å². The van der Waals surface area contributed by atoms with E-state index in [1.807, 2.05) is 0 Å². The molecule has 0 atom stereocenters. The molecule has 0 aliphatic rings. The van der Waals surface area contributed by atoms with Crippen LogP contribution in [0.25, 0.3) is 22.8 Å². The first-order valence-corrected chi connectivity index (χ1v) is 7.59. The highest BCUT2D eigenvalue weighted by Gasteiger charge is 2.16. The van der Waals surface area contributed by atoms with E-state index in [9.17, 15) is 4.39 Å². The maximum atomic E-state index is 13.9. The first kappa shape index (κ1) is 15.3. The molecule has 1 aromatic heterocycles. The predicted molar refractivity (Wildman–Crippen MR) is 86.2 cm³/mol. The molecule has 0 saturated heterocycles. The summed E-state index contributed by atoms with van der Waals surface area (Å²) >= 11 is 15.4. The van der Waals surface area contributed by atoms with Crippen molar-refractivity contribution in [2.24, 2.45) is 0 Å².